The first-order valence-electron chi connectivity index (χ1n) is 2.77. The molecule has 0 saturated carbocycles. The van der Waals surface area contributed by atoms with E-state index in [0.717, 1.165) is 6.54 Å². The fourth-order valence-electron chi connectivity index (χ4n) is 0.356. The molecule has 0 amide bonds. The Morgan fingerprint density at radius 3 is 1.89 bits per heavy atom. The highest BCUT2D eigenvalue weighted by Crippen LogP contribution is 2.31. The van der Waals surface area contributed by atoms with Crippen LogP contribution < -0.4 is 0 Å². The molecule has 0 unspecified atom stereocenters. The normalized spacial score (nSPS) is 14.4. The average molecular weight is 153 g/mol. The van der Waals surface area contributed by atoms with Crippen LogP contribution in [0, 0.1) is 0 Å². The summed E-state index contributed by atoms with van der Waals surface area (Å²) in [5, 5.41) is 0. The van der Waals surface area contributed by atoms with Crippen molar-refractivity contribution in [3.8, 4) is 0 Å². The summed E-state index contributed by atoms with van der Waals surface area (Å²) < 4.78 is 17.8. The van der Waals surface area contributed by atoms with Gasteiger partial charge < -0.3 is 4.90 Å². The van der Waals surface area contributed by atoms with Crippen LogP contribution in [0.2, 0.25) is 0 Å². The van der Waals surface area contributed by atoms with E-state index < -0.39 is 10.6 Å². The second-order valence-corrected chi connectivity index (χ2v) is 4.90. The minimum absolute atomic E-state index is 0.472. The monoisotopic (exact) mass is 153 g/mol. The molecule has 58 valence electrons. The highest BCUT2D eigenvalue weighted by molar-refractivity contribution is 8.23. The summed E-state index contributed by atoms with van der Waals surface area (Å²) >= 11 is 0. The summed E-state index contributed by atoms with van der Waals surface area (Å²) in [6.45, 7) is 0.735. The van der Waals surface area contributed by atoms with E-state index in [2.05, 4.69) is 0 Å². The van der Waals surface area contributed by atoms with Gasteiger partial charge in [0.2, 0.25) is 0 Å². The maximum absolute atomic E-state index is 8.88. The summed E-state index contributed by atoms with van der Waals surface area (Å²) in [5.74, 6) is 0.472. The first-order chi connectivity index (χ1) is 3.92. The van der Waals surface area contributed by atoms with Crippen molar-refractivity contribution in [3.05, 3.63) is 0 Å². The lowest BCUT2D eigenvalue weighted by Gasteiger charge is -2.27. The van der Waals surface area contributed by atoms with E-state index in [0.29, 0.717) is 5.75 Å². The molecule has 0 saturated heterocycles. The van der Waals surface area contributed by atoms with Crippen LogP contribution in [0.25, 0.3) is 0 Å². The summed E-state index contributed by atoms with van der Waals surface area (Å²) in [6, 6.07) is 0. The van der Waals surface area contributed by atoms with Crippen molar-refractivity contribution in [2.75, 3.05) is 32.6 Å². The van der Waals surface area contributed by atoms with Crippen LogP contribution in [0.3, 0.4) is 0 Å². The van der Waals surface area contributed by atoms with Crippen LogP contribution in [-0.2, 0) is 0 Å². The zero-order chi connectivity index (χ0) is 7.49. The number of nitrogens with zero attached hydrogens (tertiary/aromatic N) is 1. The molecule has 0 aliphatic heterocycles. The summed E-state index contributed by atoms with van der Waals surface area (Å²) in [5.41, 5.74) is 0. The molecule has 3 nitrogen and oxygen atoms in total. The molecule has 0 radical (unpaired) electrons. The van der Waals surface area contributed by atoms with Gasteiger partial charge in [0.05, 0.1) is 0 Å². The highest BCUT2D eigenvalue weighted by Gasteiger charge is 2.02. The first kappa shape index (κ1) is 9.23. The quantitative estimate of drug-likeness (QED) is 0.634. The van der Waals surface area contributed by atoms with Gasteiger partial charge in [0.1, 0.15) is 0 Å². The Morgan fingerprint density at radius 1 is 1.33 bits per heavy atom. The number of rotatable bonds is 3. The molecule has 0 atom stereocenters. The van der Waals surface area contributed by atoms with Crippen LogP contribution in [0.1, 0.15) is 0 Å². The van der Waals surface area contributed by atoms with E-state index >= 15 is 0 Å². The van der Waals surface area contributed by atoms with Crippen molar-refractivity contribution < 1.29 is 9.11 Å². The summed E-state index contributed by atoms with van der Waals surface area (Å²) in [4.78, 5) is 1.93. The van der Waals surface area contributed by atoms with Gasteiger partial charge in [0.25, 0.3) is 0 Å². The Balaban J connectivity index is 3.28. The predicted octanol–water partition coefficient (Wildman–Crippen LogP) is 0.928. The van der Waals surface area contributed by atoms with Crippen LogP contribution in [-0.4, -0.2) is 46.7 Å². The molecule has 0 aromatic carbocycles. The molecule has 0 bridgehead atoms. The molecule has 0 heterocycles. The van der Waals surface area contributed by atoms with Gasteiger partial charge in [-0.25, -0.2) is 0 Å². The fourth-order valence-corrected chi connectivity index (χ4v) is 1.07. The minimum atomic E-state index is -2.26. The average Bonchev–Trinajstić information content (AvgIpc) is 1.59. The van der Waals surface area contributed by atoms with Gasteiger partial charge in [-0.3, -0.25) is 9.11 Å². The lowest BCUT2D eigenvalue weighted by Crippen LogP contribution is -2.19. The highest BCUT2D eigenvalue weighted by atomic mass is 32.3. The van der Waals surface area contributed by atoms with Gasteiger partial charge in [-0.1, -0.05) is 0 Å². The molecule has 0 aliphatic carbocycles. The Morgan fingerprint density at radius 2 is 1.78 bits per heavy atom. The standard InChI is InChI=1S/C5H15NO2S/c1-6(2)4-5-9(3,7)8/h7-8H,4-5H2,1-3H3. The van der Waals surface area contributed by atoms with Crippen molar-refractivity contribution in [1.29, 1.82) is 0 Å². The minimum Gasteiger partial charge on any atom is -0.308 e. The molecule has 0 aromatic heterocycles. The Bertz CT molecular complexity index is 79.5. The molecular weight excluding hydrogens is 138 g/mol. The zero-order valence-electron chi connectivity index (χ0n) is 6.16. The molecule has 0 rings (SSSR count). The topological polar surface area (TPSA) is 43.7 Å². The predicted molar refractivity (Wildman–Crippen MR) is 42.2 cm³/mol. The van der Waals surface area contributed by atoms with Gasteiger partial charge >= 0.3 is 0 Å². The second kappa shape index (κ2) is 3.41. The van der Waals surface area contributed by atoms with Crippen molar-refractivity contribution in [2.24, 2.45) is 0 Å². The summed E-state index contributed by atoms with van der Waals surface area (Å²) in [7, 11) is 1.55. The molecule has 0 aliphatic rings. The smallest absolute Gasteiger partial charge is 0.0498 e. The molecule has 0 fully saturated rings. The molecule has 0 spiro atoms. The van der Waals surface area contributed by atoms with E-state index in [1.54, 1.807) is 0 Å². The van der Waals surface area contributed by atoms with Gasteiger partial charge in [-0.15, -0.1) is 0 Å². The molecule has 4 heteroatoms. The molecular formula is C5H15NO2S. The van der Waals surface area contributed by atoms with E-state index in [9.17, 15) is 0 Å². The van der Waals surface area contributed by atoms with Crippen LogP contribution in [0.4, 0.5) is 0 Å². The Labute approximate surface area is 58.0 Å². The third kappa shape index (κ3) is 8.23. The molecule has 0 aromatic rings. The van der Waals surface area contributed by atoms with E-state index in [-0.39, 0.29) is 0 Å². The van der Waals surface area contributed by atoms with Gasteiger partial charge in [-0.2, -0.15) is 10.6 Å². The van der Waals surface area contributed by atoms with Crippen molar-refractivity contribution in [3.63, 3.8) is 0 Å². The van der Waals surface area contributed by atoms with Crippen molar-refractivity contribution >= 4 is 10.6 Å². The van der Waals surface area contributed by atoms with Crippen LogP contribution >= 0.6 is 10.6 Å². The fraction of sp³-hybridized carbons (Fsp3) is 1.00. The first-order valence-corrected chi connectivity index (χ1v) is 4.90. The van der Waals surface area contributed by atoms with E-state index in [1.807, 2.05) is 19.0 Å². The lowest BCUT2D eigenvalue weighted by atomic mass is 10.7. The number of hydrogen-bond donors (Lipinski definition) is 2. The van der Waals surface area contributed by atoms with Crippen LogP contribution in [0.5, 0.6) is 0 Å². The largest absolute Gasteiger partial charge is 0.308 e. The maximum Gasteiger partial charge on any atom is 0.0498 e. The zero-order valence-corrected chi connectivity index (χ0v) is 6.98. The molecule has 2 N–H and O–H groups in total. The second-order valence-electron chi connectivity index (χ2n) is 2.50. The maximum atomic E-state index is 8.88. The third-order valence-electron chi connectivity index (χ3n) is 0.925. The van der Waals surface area contributed by atoms with Crippen molar-refractivity contribution in [1.82, 2.24) is 4.90 Å². The lowest BCUT2D eigenvalue weighted by molar-refractivity contribution is 0.419. The van der Waals surface area contributed by atoms with Gasteiger partial charge in [0, 0.05) is 18.6 Å². The van der Waals surface area contributed by atoms with E-state index in [4.69, 9.17) is 9.11 Å². The van der Waals surface area contributed by atoms with Crippen LogP contribution in [0.15, 0.2) is 0 Å². The van der Waals surface area contributed by atoms with Gasteiger partial charge in [-0.05, 0) is 14.1 Å². The Hall–Kier alpha value is 0.230. The Kier molecular flexibility index (Phi) is 3.50. The summed E-state index contributed by atoms with van der Waals surface area (Å²) in [6.07, 6.45) is 1.47. The number of hydrogen-bond acceptors (Lipinski definition) is 3. The van der Waals surface area contributed by atoms with E-state index in [1.165, 1.54) is 6.26 Å². The molecule has 9 heavy (non-hydrogen) atoms. The van der Waals surface area contributed by atoms with Crippen molar-refractivity contribution in [2.45, 2.75) is 0 Å². The SMILES string of the molecule is CN(C)CCS(C)(O)O. The van der Waals surface area contributed by atoms with Gasteiger partial charge in [0.15, 0.2) is 0 Å². The third-order valence-corrected chi connectivity index (χ3v) is 1.88.